The molecule has 27 heavy (non-hydrogen) atoms. The number of thiazole rings is 1. The molecular formula is C18H14BrClN2O3S2. The van der Waals surface area contributed by atoms with Crippen LogP contribution >= 0.6 is 38.9 Å². The first-order chi connectivity index (χ1) is 12.7. The van der Waals surface area contributed by atoms with Gasteiger partial charge < -0.3 is 0 Å². The summed E-state index contributed by atoms with van der Waals surface area (Å²) in [7, 11) is -3.99. The third-order valence-electron chi connectivity index (χ3n) is 3.55. The third kappa shape index (κ3) is 5.16. The Kier molecular flexibility index (Phi) is 6.00. The van der Waals surface area contributed by atoms with Gasteiger partial charge in [-0.15, -0.1) is 11.3 Å². The molecule has 5 nitrogen and oxygen atoms in total. The fourth-order valence-corrected chi connectivity index (χ4v) is 5.18. The Labute approximate surface area is 174 Å². The standard InChI is InChI=1S/C18H14BrClN2O3S2/c1-11-10-26-18(21-11)13-3-2-4-16(8-13)27(24,25)22-17(23)7-12-5-14(19)9-15(20)6-12/h2-6,8-10H,7H2,1H3,(H,22,23). The van der Waals surface area contributed by atoms with E-state index in [-0.39, 0.29) is 11.3 Å². The van der Waals surface area contributed by atoms with Crippen molar-refractivity contribution in [3.05, 3.63) is 68.6 Å². The molecule has 1 heterocycles. The van der Waals surface area contributed by atoms with E-state index < -0.39 is 15.9 Å². The molecule has 0 aliphatic rings. The number of carbonyl (C=O) groups is 1. The van der Waals surface area contributed by atoms with Crippen LogP contribution in [0, 0.1) is 6.92 Å². The SMILES string of the molecule is Cc1csc(-c2cccc(S(=O)(=O)NC(=O)Cc3cc(Cl)cc(Br)c3)c2)n1. The lowest BCUT2D eigenvalue weighted by Crippen LogP contribution is -2.31. The van der Waals surface area contributed by atoms with Crippen molar-refractivity contribution in [3.63, 3.8) is 0 Å². The summed E-state index contributed by atoms with van der Waals surface area (Å²) in [5, 5.41) is 3.07. The molecule has 1 N–H and O–H groups in total. The van der Waals surface area contributed by atoms with E-state index in [0.717, 1.165) is 10.7 Å². The molecule has 0 radical (unpaired) electrons. The zero-order chi connectivity index (χ0) is 19.6. The van der Waals surface area contributed by atoms with Gasteiger partial charge in [0.2, 0.25) is 5.91 Å². The smallest absolute Gasteiger partial charge is 0.264 e. The van der Waals surface area contributed by atoms with Gasteiger partial charge in [-0.3, -0.25) is 4.79 Å². The van der Waals surface area contributed by atoms with Gasteiger partial charge in [-0.25, -0.2) is 18.1 Å². The predicted molar refractivity (Wildman–Crippen MR) is 110 cm³/mol. The molecule has 3 aromatic rings. The Hall–Kier alpha value is -1.74. The molecule has 0 fully saturated rings. The van der Waals surface area contributed by atoms with Crippen LogP contribution < -0.4 is 4.72 Å². The number of rotatable bonds is 5. The van der Waals surface area contributed by atoms with E-state index in [1.165, 1.54) is 23.5 Å². The van der Waals surface area contributed by atoms with E-state index >= 15 is 0 Å². The lowest BCUT2D eigenvalue weighted by Gasteiger charge is -2.08. The van der Waals surface area contributed by atoms with Crippen molar-refractivity contribution in [2.24, 2.45) is 0 Å². The highest BCUT2D eigenvalue weighted by atomic mass is 79.9. The lowest BCUT2D eigenvalue weighted by molar-refractivity contribution is -0.118. The molecule has 9 heteroatoms. The second-order valence-corrected chi connectivity index (χ2v) is 9.70. The van der Waals surface area contributed by atoms with Gasteiger partial charge in [0.25, 0.3) is 10.0 Å². The van der Waals surface area contributed by atoms with Crippen molar-refractivity contribution >= 4 is 54.8 Å². The van der Waals surface area contributed by atoms with Crippen LogP contribution in [0.1, 0.15) is 11.3 Å². The molecule has 1 aromatic heterocycles. The third-order valence-corrected chi connectivity index (χ3v) is 6.60. The summed E-state index contributed by atoms with van der Waals surface area (Å²) < 4.78 is 28.0. The van der Waals surface area contributed by atoms with Crippen molar-refractivity contribution in [3.8, 4) is 10.6 Å². The van der Waals surface area contributed by atoms with Crippen LogP contribution in [0.5, 0.6) is 0 Å². The topological polar surface area (TPSA) is 76.1 Å². The van der Waals surface area contributed by atoms with Crippen LogP contribution in [0.3, 0.4) is 0 Å². The molecule has 0 spiro atoms. The number of amides is 1. The fourth-order valence-electron chi connectivity index (χ4n) is 2.43. The highest BCUT2D eigenvalue weighted by Gasteiger charge is 2.19. The quantitative estimate of drug-likeness (QED) is 0.574. The molecule has 140 valence electrons. The number of nitrogens with one attached hydrogen (secondary N) is 1. The zero-order valence-corrected chi connectivity index (χ0v) is 18.0. The van der Waals surface area contributed by atoms with E-state index in [0.29, 0.717) is 20.6 Å². The van der Waals surface area contributed by atoms with Gasteiger partial charge in [-0.05, 0) is 42.8 Å². The molecule has 0 saturated carbocycles. The number of hydrogen-bond acceptors (Lipinski definition) is 5. The van der Waals surface area contributed by atoms with E-state index in [4.69, 9.17) is 11.6 Å². The maximum Gasteiger partial charge on any atom is 0.264 e. The zero-order valence-electron chi connectivity index (χ0n) is 14.1. The van der Waals surface area contributed by atoms with Gasteiger partial charge in [0, 0.05) is 26.1 Å². The Bertz CT molecular complexity index is 1090. The van der Waals surface area contributed by atoms with E-state index in [2.05, 4.69) is 25.6 Å². The number of benzene rings is 2. The Balaban J connectivity index is 1.79. The molecule has 0 bridgehead atoms. The maximum absolute atomic E-state index is 12.6. The Morgan fingerprint density at radius 1 is 1.26 bits per heavy atom. The lowest BCUT2D eigenvalue weighted by atomic mass is 10.1. The number of aryl methyl sites for hydroxylation is 1. The first-order valence-corrected chi connectivity index (χ1v) is 11.3. The number of aromatic nitrogens is 1. The average Bonchev–Trinajstić information content (AvgIpc) is 3.00. The van der Waals surface area contributed by atoms with Crippen LogP contribution in [0.2, 0.25) is 5.02 Å². The summed E-state index contributed by atoms with van der Waals surface area (Å²) in [5.41, 5.74) is 2.15. The summed E-state index contributed by atoms with van der Waals surface area (Å²) in [5.74, 6) is -0.639. The van der Waals surface area contributed by atoms with Gasteiger partial charge >= 0.3 is 0 Å². The van der Waals surface area contributed by atoms with Crippen molar-refractivity contribution < 1.29 is 13.2 Å². The largest absolute Gasteiger partial charge is 0.274 e. The number of carbonyl (C=O) groups excluding carboxylic acids is 1. The molecule has 0 unspecified atom stereocenters. The molecule has 0 aliphatic carbocycles. The second kappa shape index (κ2) is 8.10. The summed E-state index contributed by atoms with van der Waals surface area (Å²) in [6.07, 6.45) is -0.107. The molecule has 0 atom stereocenters. The van der Waals surface area contributed by atoms with E-state index in [1.54, 1.807) is 30.3 Å². The van der Waals surface area contributed by atoms with Crippen molar-refractivity contribution in [2.75, 3.05) is 0 Å². The second-order valence-electron chi connectivity index (χ2n) is 5.81. The molecule has 2 aromatic carbocycles. The summed E-state index contributed by atoms with van der Waals surface area (Å²) in [6.45, 7) is 1.87. The minimum Gasteiger partial charge on any atom is -0.274 e. The molecule has 0 saturated heterocycles. The van der Waals surface area contributed by atoms with Crippen LogP contribution in [0.25, 0.3) is 10.6 Å². The van der Waals surface area contributed by atoms with Crippen LogP contribution in [-0.4, -0.2) is 19.3 Å². The normalized spacial score (nSPS) is 11.4. The number of sulfonamides is 1. The maximum atomic E-state index is 12.6. The molecule has 0 aliphatic heterocycles. The van der Waals surface area contributed by atoms with Gasteiger partial charge in [-0.2, -0.15) is 0 Å². The summed E-state index contributed by atoms with van der Waals surface area (Å²) in [6, 6.07) is 11.4. The van der Waals surface area contributed by atoms with Gasteiger partial charge in [0.05, 0.1) is 11.3 Å². The molecule has 3 rings (SSSR count). The van der Waals surface area contributed by atoms with Gasteiger partial charge in [0.1, 0.15) is 5.01 Å². The van der Waals surface area contributed by atoms with Gasteiger partial charge in [-0.1, -0.05) is 39.7 Å². The van der Waals surface area contributed by atoms with Crippen molar-refractivity contribution in [2.45, 2.75) is 18.2 Å². The monoisotopic (exact) mass is 484 g/mol. The van der Waals surface area contributed by atoms with E-state index in [1.807, 2.05) is 12.3 Å². The average molecular weight is 486 g/mol. The minimum atomic E-state index is -3.99. The van der Waals surface area contributed by atoms with Gasteiger partial charge in [0.15, 0.2) is 0 Å². The van der Waals surface area contributed by atoms with Crippen LogP contribution in [-0.2, 0) is 21.2 Å². The van der Waals surface area contributed by atoms with E-state index in [9.17, 15) is 13.2 Å². The number of halogens is 2. The Morgan fingerprint density at radius 2 is 2.04 bits per heavy atom. The summed E-state index contributed by atoms with van der Waals surface area (Å²) >= 11 is 10.7. The highest BCUT2D eigenvalue weighted by molar-refractivity contribution is 9.10. The van der Waals surface area contributed by atoms with Crippen LogP contribution in [0.4, 0.5) is 0 Å². The predicted octanol–water partition coefficient (Wildman–Crippen LogP) is 4.58. The first-order valence-electron chi connectivity index (χ1n) is 7.76. The number of hydrogen-bond donors (Lipinski definition) is 1. The van der Waals surface area contributed by atoms with Crippen molar-refractivity contribution in [1.82, 2.24) is 9.71 Å². The molecule has 1 amide bonds. The minimum absolute atomic E-state index is 0.00785. The van der Waals surface area contributed by atoms with Crippen LogP contribution in [0.15, 0.2) is 57.2 Å². The highest BCUT2D eigenvalue weighted by Crippen LogP contribution is 2.26. The number of nitrogens with zero attached hydrogens (tertiary/aromatic N) is 1. The summed E-state index contributed by atoms with van der Waals surface area (Å²) in [4.78, 5) is 16.6. The Morgan fingerprint density at radius 3 is 2.70 bits per heavy atom. The van der Waals surface area contributed by atoms with Crippen molar-refractivity contribution in [1.29, 1.82) is 0 Å². The fraction of sp³-hybridized carbons (Fsp3) is 0.111. The first kappa shape index (κ1) is 20.0. The molecular weight excluding hydrogens is 472 g/mol.